The largest absolute Gasteiger partial charge is 0.497 e. The highest BCUT2D eigenvalue weighted by molar-refractivity contribution is 5.95. The molecule has 2 amide bonds. The molecule has 3 aromatic rings. The number of amides is 2. The van der Waals surface area contributed by atoms with Crippen LogP contribution in [-0.4, -0.2) is 35.0 Å². The number of rotatable bonds is 8. The fourth-order valence-corrected chi connectivity index (χ4v) is 3.32. The lowest BCUT2D eigenvalue weighted by molar-refractivity contribution is 0.0712. The molecule has 1 saturated carbocycles. The summed E-state index contributed by atoms with van der Waals surface area (Å²) >= 11 is 0. The Balaban J connectivity index is 1.40. The van der Waals surface area contributed by atoms with Gasteiger partial charge >= 0.3 is 0 Å². The maximum Gasteiger partial charge on any atom is 0.273 e. The Kier molecular flexibility index (Phi) is 6.02. The average molecular weight is 419 g/mol. The van der Waals surface area contributed by atoms with Crippen molar-refractivity contribution in [1.82, 2.24) is 15.4 Å². The van der Waals surface area contributed by atoms with Gasteiger partial charge in [0.2, 0.25) is 0 Å². The van der Waals surface area contributed by atoms with E-state index in [0.717, 1.165) is 18.4 Å². The lowest BCUT2D eigenvalue weighted by Crippen LogP contribution is -2.32. The number of hydrogen-bond donors (Lipinski definition) is 1. The second kappa shape index (κ2) is 9.04. The number of benzene rings is 2. The van der Waals surface area contributed by atoms with Gasteiger partial charge in [0, 0.05) is 24.2 Å². The Morgan fingerprint density at radius 3 is 2.65 bits per heavy atom. The van der Waals surface area contributed by atoms with Gasteiger partial charge in [0.15, 0.2) is 11.5 Å². The first-order chi connectivity index (χ1) is 15.0. The van der Waals surface area contributed by atoms with E-state index in [-0.39, 0.29) is 30.1 Å². The molecule has 1 aromatic heterocycles. The van der Waals surface area contributed by atoms with Gasteiger partial charge in [-0.05, 0) is 43.5 Å². The number of hydrogen-bond acceptors (Lipinski definition) is 5. The molecule has 1 fully saturated rings. The van der Waals surface area contributed by atoms with Crippen molar-refractivity contribution in [2.45, 2.75) is 38.9 Å². The summed E-state index contributed by atoms with van der Waals surface area (Å²) in [6.07, 6.45) is 1.90. The number of carbonyl (C=O) groups excluding carboxylic acids is 2. The van der Waals surface area contributed by atoms with E-state index in [1.54, 1.807) is 42.3 Å². The van der Waals surface area contributed by atoms with Crippen molar-refractivity contribution in [2.75, 3.05) is 7.11 Å². The monoisotopic (exact) mass is 419 g/mol. The molecule has 7 nitrogen and oxygen atoms in total. The average Bonchev–Trinajstić information content (AvgIpc) is 3.53. The number of ether oxygens (including phenoxy) is 1. The van der Waals surface area contributed by atoms with Crippen LogP contribution < -0.4 is 10.1 Å². The highest BCUT2D eigenvalue weighted by atomic mass is 16.5. The summed E-state index contributed by atoms with van der Waals surface area (Å²) < 4.78 is 10.6. The van der Waals surface area contributed by atoms with Crippen LogP contribution >= 0.6 is 0 Å². The van der Waals surface area contributed by atoms with Crippen molar-refractivity contribution >= 4 is 11.8 Å². The molecule has 1 N–H and O–H groups in total. The Bertz CT molecular complexity index is 1070. The van der Waals surface area contributed by atoms with Gasteiger partial charge in [0.25, 0.3) is 11.8 Å². The van der Waals surface area contributed by atoms with Crippen LogP contribution in [0.2, 0.25) is 0 Å². The molecule has 1 aliphatic rings. The van der Waals surface area contributed by atoms with Gasteiger partial charge in [0.1, 0.15) is 5.75 Å². The van der Waals surface area contributed by atoms with E-state index in [1.165, 1.54) is 5.56 Å². The molecule has 2 aromatic carbocycles. The number of methoxy groups -OCH3 is 1. The summed E-state index contributed by atoms with van der Waals surface area (Å²) in [7, 11) is 1.57. The predicted molar refractivity (Wildman–Crippen MR) is 115 cm³/mol. The van der Waals surface area contributed by atoms with Crippen LogP contribution in [0.15, 0.2) is 59.1 Å². The molecule has 1 heterocycles. The summed E-state index contributed by atoms with van der Waals surface area (Å²) in [4.78, 5) is 27.2. The minimum absolute atomic E-state index is 0.0943. The van der Waals surface area contributed by atoms with Gasteiger partial charge in [-0.25, -0.2) is 0 Å². The zero-order valence-corrected chi connectivity index (χ0v) is 17.6. The molecule has 31 heavy (non-hydrogen) atoms. The van der Waals surface area contributed by atoms with E-state index < -0.39 is 0 Å². The zero-order valence-electron chi connectivity index (χ0n) is 17.6. The smallest absolute Gasteiger partial charge is 0.273 e. The minimum Gasteiger partial charge on any atom is -0.497 e. The SMILES string of the molecule is COc1cccc(C(=O)N(Cc2cc(C(=O)NCc3ccc(C)cc3)no2)C2CC2)c1. The fraction of sp³-hybridized carbons (Fsp3) is 0.292. The number of carbonyl (C=O) groups is 2. The van der Waals surface area contributed by atoms with Crippen LogP contribution in [-0.2, 0) is 13.1 Å². The van der Waals surface area contributed by atoms with Crippen molar-refractivity contribution in [2.24, 2.45) is 0 Å². The highest BCUT2D eigenvalue weighted by Gasteiger charge is 2.34. The standard InChI is InChI=1S/C24H25N3O4/c1-16-6-8-17(9-7-16)14-25-23(28)22-13-21(31-26-22)15-27(19-10-11-19)24(29)18-4-3-5-20(12-18)30-2/h3-9,12-13,19H,10-11,14-15H2,1-2H3,(H,25,28). The first kappa shape index (κ1) is 20.7. The van der Waals surface area contributed by atoms with Crippen molar-refractivity contribution in [3.63, 3.8) is 0 Å². The summed E-state index contributed by atoms with van der Waals surface area (Å²) in [5, 5.41) is 6.73. The van der Waals surface area contributed by atoms with Crippen molar-refractivity contribution in [1.29, 1.82) is 0 Å². The highest BCUT2D eigenvalue weighted by Crippen LogP contribution is 2.30. The first-order valence-electron chi connectivity index (χ1n) is 10.3. The molecule has 1 aliphatic carbocycles. The Hall–Kier alpha value is -3.61. The van der Waals surface area contributed by atoms with Crippen LogP contribution in [0.4, 0.5) is 0 Å². The third-order valence-corrected chi connectivity index (χ3v) is 5.26. The topological polar surface area (TPSA) is 84.7 Å². The van der Waals surface area contributed by atoms with Gasteiger partial charge in [-0.1, -0.05) is 41.1 Å². The second-order valence-electron chi connectivity index (χ2n) is 7.74. The molecule has 4 rings (SSSR count). The Morgan fingerprint density at radius 1 is 1.16 bits per heavy atom. The van der Waals surface area contributed by atoms with Gasteiger partial charge in [-0.15, -0.1) is 0 Å². The summed E-state index contributed by atoms with van der Waals surface area (Å²) in [6, 6.07) is 16.8. The van der Waals surface area contributed by atoms with E-state index in [9.17, 15) is 9.59 Å². The van der Waals surface area contributed by atoms with E-state index in [1.807, 2.05) is 31.2 Å². The molecule has 0 atom stereocenters. The van der Waals surface area contributed by atoms with Gasteiger partial charge in [0.05, 0.1) is 13.7 Å². The summed E-state index contributed by atoms with van der Waals surface area (Å²) in [6.45, 7) is 2.69. The molecule has 0 radical (unpaired) electrons. The van der Waals surface area contributed by atoms with Gasteiger partial charge in [-0.3, -0.25) is 9.59 Å². The molecule has 0 aliphatic heterocycles. The molecule has 0 saturated heterocycles. The normalized spacial score (nSPS) is 13.0. The number of aryl methyl sites for hydroxylation is 1. The van der Waals surface area contributed by atoms with Crippen LogP contribution in [0.1, 0.15) is 50.6 Å². The maximum absolute atomic E-state index is 13.1. The van der Waals surface area contributed by atoms with Crippen LogP contribution in [0.3, 0.4) is 0 Å². The van der Waals surface area contributed by atoms with E-state index in [4.69, 9.17) is 9.26 Å². The Labute approximate surface area is 181 Å². The summed E-state index contributed by atoms with van der Waals surface area (Å²) in [5.41, 5.74) is 2.93. The maximum atomic E-state index is 13.1. The molecule has 0 bridgehead atoms. The third-order valence-electron chi connectivity index (χ3n) is 5.26. The zero-order chi connectivity index (χ0) is 21.8. The molecule has 0 spiro atoms. The van der Waals surface area contributed by atoms with Crippen LogP contribution in [0.5, 0.6) is 5.75 Å². The number of nitrogens with one attached hydrogen (secondary N) is 1. The van der Waals surface area contributed by atoms with E-state index in [2.05, 4.69) is 10.5 Å². The van der Waals surface area contributed by atoms with Crippen molar-refractivity contribution in [3.8, 4) is 5.75 Å². The van der Waals surface area contributed by atoms with Crippen molar-refractivity contribution in [3.05, 3.63) is 82.7 Å². The molecule has 0 unspecified atom stereocenters. The van der Waals surface area contributed by atoms with E-state index in [0.29, 0.717) is 23.6 Å². The molecular weight excluding hydrogens is 394 g/mol. The summed E-state index contributed by atoms with van der Waals surface area (Å²) in [5.74, 6) is 0.702. The number of nitrogens with zero attached hydrogens (tertiary/aromatic N) is 2. The van der Waals surface area contributed by atoms with E-state index >= 15 is 0 Å². The quantitative estimate of drug-likeness (QED) is 0.601. The van der Waals surface area contributed by atoms with Gasteiger partial charge in [-0.2, -0.15) is 0 Å². The fourth-order valence-electron chi connectivity index (χ4n) is 3.32. The lowest BCUT2D eigenvalue weighted by Gasteiger charge is -2.21. The molecule has 160 valence electrons. The second-order valence-corrected chi connectivity index (χ2v) is 7.74. The van der Waals surface area contributed by atoms with Gasteiger partial charge < -0.3 is 19.5 Å². The van der Waals surface area contributed by atoms with Crippen LogP contribution in [0, 0.1) is 6.92 Å². The first-order valence-corrected chi connectivity index (χ1v) is 10.3. The molecular formula is C24H25N3O4. The number of aromatic nitrogens is 1. The minimum atomic E-state index is -0.312. The third kappa shape index (κ3) is 5.12. The molecule has 7 heteroatoms. The lowest BCUT2D eigenvalue weighted by atomic mass is 10.1. The van der Waals surface area contributed by atoms with Crippen LogP contribution in [0.25, 0.3) is 0 Å². The Morgan fingerprint density at radius 2 is 1.94 bits per heavy atom. The van der Waals surface area contributed by atoms with Crippen molar-refractivity contribution < 1.29 is 18.8 Å². The predicted octanol–water partition coefficient (Wildman–Crippen LogP) is 3.73.